The number of rotatable bonds is 5. The standard InChI is InChI=1S/C20H17N3OS/c1-14-6-2-4-8-17(14)20-22-16(13-25-20)10-11-19(24)23-18-9-5-3-7-15(18)12-21/h2-9,13H,10-11H2,1H3,(H,23,24). The van der Waals surface area contributed by atoms with Gasteiger partial charge in [0.05, 0.1) is 16.9 Å². The maximum Gasteiger partial charge on any atom is 0.224 e. The largest absolute Gasteiger partial charge is 0.325 e. The number of aryl methyl sites for hydroxylation is 2. The normalized spacial score (nSPS) is 10.2. The van der Waals surface area contributed by atoms with Crippen molar-refractivity contribution in [1.29, 1.82) is 5.26 Å². The van der Waals surface area contributed by atoms with Crippen LogP contribution in [-0.2, 0) is 11.2 Å². The van der Waals surface area contributed by atoms with Crippen LogP contribution in [0.2, 0.25) is 0 Å². The number of nitrogens with one attached hydrogen (secondary N) is 1. The molecule has 3 rings (SSSR count). The Morgan fingerprint density at radius 2 is 1.96 bits per heavy atom. The summed E-state index contributed by atoms with van der Waals surface area (Å²) >= 11 is 1.59. The summed E-state index contributed by atoms with van der Waals surface area (Å²) < 4.78 is 0. The van der Waals surface area contributed by atoms with Crippen LogP contribution in [0.15, 0.2) is 53.9 Å². The van der Waals surface area contributed by atoms with E-state index >= 15 is 0 Å². The Hall–Kier alpha value is -2.97. The van der Waals surface area contributed by atoms with Gasteiger partial charge in [0.2, 0.25) is 5.91 Å². The molecule has 0 aliphatic heterocycles. The molecule has 0 unspecified atom stereocenters. The van der Waals surface area contributed by atoms with Gasteiger partial charge in [-0.15, -0.1) is 11.3 Å². The van der Waals surface area contributed by atoms with Gasteiger partial charge in [-0.1, -0.05) is 36.4 Å². The van der Waals surface area contributed by atoms with Gasteiger partial charge in [0.15, 0.2) is 0 Å². The van der Waals surface area contributed by atoms with E-state index in [1.807, 2.05) is 17.5 Å². The van der Waals surface area contributed by atoms with Crippen molar-refractivity contribution in [2.75, 3.05) is 5.32 Å². The first-order valence-corrected chi connectivity index (χ1v) is 8.84. The number of amides is 1. The first-order valence-electron chi connectivity index (χ1n) is 7.97. The second-order valence-corrected chi connectivity index (χ2v) is 6.52. The number of hydrogen-bond donors (Lipinski definition) is 1. The van der Waals surface area contributed by atoms with Gasteiger partial charge < -0.3 is 5.32 Å². The first kappa shape index (κ1) is 16.9. The van der Waals surface area contributed by atoms with Crippen LogP contribution in [0.4, 0.5) is 5.69 Å². The zero-order valence-corrected chi connectivity index (χ0v) is 14.6. The number of benzene rings is 2. The molecule has 1 N–H and O–H groups in total. The van der Waals surface area contributed by atoms with Gasteiger partial charge in [-0.3, -0.25) is 4.79 Å². The molecule has 0 bridgehead atoms. The number of para-hydroxylation sites is 1. The molecule has 0 aliphatic rings. The van der Waals surface area contributed by atoms with E-state index in [0.717, 1.165) is 16.3 Å². The summed E-state index contributed by atoms with van der Waals surface area (Å²) in [7, 11) is 0. The fourth-order valence-electron chi connectivity index (χ4n) is 2.50. The fraction of sp³-hybridized carbons (Fsp3) is 0.150. The smallest absolute Gasteiger partial charge is 0.224 e. The molecule has 1 heterocycles. The predicted molar refractivity (Wildman–Crippen MR) is 100 cm³/mol. The van der Waals surface area contributed by atoms with E-state index in [1.54, 1.807) is 35.6 Å². The van der Waals surface area contributed by atoms with Crippen molar-refractivity contribution in [3.63, 3.8) is 0 Å². The lowest BCUT2D eigenvalue weighted by Gasteiger charge is -2.06. The molecule has 0 aliphatic carbocycles. The number of carbonyl (C=O) groups is 1. The third-order valence-electron chi connectivity index (χ3n) is 3.86. The van der Waals surface area contributed by atoms with Gasteiger partial charge in [0.25, 0.3) is 0 Å². The number of anilines is 1. The molecule has 5 heteroatoms. The van der Waals surface area contributed by atoms with Crippen LogP contribution in [0.1, 0.15) is 23.2 Å². The molecule has 4 nitrogen and oxygen atoms in total. The minimum absolute atomic E-state index is 0.117. The molecule has 0 radical (unpaired) electrons. The highest BCUT2D eigenvalue weighted by molar-refractivity contribution is 7.13. The summed E-state index contributed by atoms with van der Waals surface area (Å²) in [6.07, 6.45) is 0.902. The van der Waals surface area contributed by atoms with Crippen molar-refractivity contribution in [3.8, 4) is 16.6 Å². The van der Waals surface area contributed by atoms with Crippen molar-refractivity contribution in [2.45, 2.75) is 19.8 Å². The summed E-state index contributed by atoms with van der Waals surface area (Å²) in [5.41, 5.74) is 4.24. The monoisotopic (exact) mass is 347 g/mol. The lowest BCUT2D eigenvalue weighted by atomic mass is 10.1. The maximum absolute atomic E-state index is 12.1. The summed E-state index contributed by atoms with van der Waals surface area (Å²) in [5, 5.41) is 14.8. The van der Waals surface area contributed by atoms with Crippen LogP contribution in [-0.4, -0.2) is 10.9 Å². The molecule has 0 atom stereocenters. The molecule has 3 aromatic rings. The van der Waals surface area contributed by atoms with E-state index in [1.165, 1.54) is 5.56 Å². The molecule has 2 aromatic carbocycles. The third-order valence-corrected chi connectivity index (χ3v) is 4.78. The number of aromatic nitrogens is 1. The molecule has 0 saturated heterocycles. The number of nitriles is 1. The number of carbonyl (C=O) groups excluding carboxylic acids is 1. The third kappa shape index (κ3) is 4.11. The molecule has 25 heavy (non-hydrogen) atoms. The molecular formula is C20H17N3OS. The van der Waals surface area contributed by atoms with Crippen molar-refractivity contribution < 1.29 is 4.79 Å². The molecule has 1 amide bonds. The molecule has 0 saturated carbocycles. The zero-order chi connectivity index (χ0) is 17.6. The van der Waals surface area contributed by atoms with Crippen molar-refractivity contribution in [1.82, 2.24) is 4.98 Å². The van der Waals surface area contributed by atoms with E-state index in [-0.39, 0.29) is 5.91 Å². The van der Waals surface area contributed by atoms with Gasteiger partial charge in [0, 0.05) is 17.4 Å². The Kier molecular flexibility index (Phi) is 5.22. The van der Waals surface area contributed by atoms with E-state index in [2.05, 4.69) is 35.4 Å². The molecule has 1 aromatic heterocycles. The summed E-state index contributed by atoms with van der Waals surface area (Å²) in [6, 6.07) is 17.2. The van der Waals surface area contributed by atoms with Crippen LogP contribution in [0, 0.1) is 18.3 Å². The minimum atomic E-state index is -0.117. The van der Waals surface area contributed by atoms with E-state index in [4.69, 9.17) is 5.26 Å². The predicted octanol–water partition coefficient (Wildman–Crippen LogP) is 4.56. The molecular weight excluding hydrogens is 330 g/mol. The second-order valence-electron chi connectivity index (χ2n) is 5.66. The molecule has 124 valence electrons. The topological polar surface area (TPSA) is 65.8 Å². The van der Waals surface area contributed by atoms with E-state index in [9.17, 15) is 4.79 Å². The fourth-order valence-corrected chi connectivity index (χ4v) is 3.45. The maximum atomic E-state index is 12.1. The van der Waals surface area contributed by atoms with E-state index in [0.29, 0.717) is 24.1 Å². The van der Waals surface area contributed by atoms with Crippen molar-refractivity contribution in [3.05, 3.63) is 70.7 Å². The Labute approximate surface area is 150 Å². The number of hydrogen-bond acceptors (Lipinski definition) is 4. The first-order chi connectivity index (χ1) is 12.2. The zero-order valence-electron chi connectivity index (χ0n) is 13.8. The highest BCUT2D eigenvalue weighted by Crippen LogP contribution is 2.27. The Balaban J connectivity index is 1.62. The highest BCUT2D eigenvalue weighted by atomic mass is 32.1. The van der Waals surface area contributed by atoms with Crippen LogP contribution in [0.3, 0.4) is 0 Å². The van der Waals surface area contributed by atoms with Gasteiger partial charge >= 0.3 is 0 Å². The minimum Gasteiger partial charge on any atom is -0.325 e. The van der Waals surface area contributed by atoms with Crippen molar-refractivity contribution in [2.24, 2.45) is 0 Å². The van der Waals surface area contributed by atoms with Gasteiger partial charge in [-0.25, -0.2) is 4.98 Å². The average Bonchev–Trinajstić information content (AvgIpc) is 3.09. The Morgan fingerprint density at radius 3 is 2.76 bits per heavy atom. The summed E-state index contributed by atoms with van der Waals surface area (Å²) in [4.78, 5) is 16.8. The van der Waals surface area contributed by atoms with Gasteiger partial charge in [-0.2, -0.15) is 5.26 Å². The quantitative estimate of drug-likeness (QED) is 0.735. The molecule has 0 spiro atoms. The van der Waals surface area contributed by atoms with E-state index < -0.39 is 0 Å². The summed E-state index contributed by atoms with van der Waals surface area (Å²) in [6.45, 7) is 2.07. The number of nitrogens with zero attached hydrogens (tertiary/aromatic N) is 2. The SMILES string of the molecule is Cc1ccccc1-c1nc(CCC(=O)Nc2ccccc2C#N)cs1. The van der Waals surface area contributed by atoms with Gasteiger partial charge in [-0.05, 0) is 31.0 Å². The molecule has 0 fully saturated rings. The van der Waals surface area contributed by atoms with Crippen LogP contribution in [0.25, 0.3) is 10.6 Å². The Morgan fingerprint density at radius 1 is 1.20 bits per heavy atom. The van der Waals surface area contributed by atoms with Crippen molar-refractivity contribution >= 4 is 22.9 Å². The number of thiazole rings is 1. The lowest BCUT2D eigenvalue weighted by Crippen LogP contribution is -2.13. The van der Waals surface area contributed by atoms with Crippen LogP contribution >= 0.6 is 11.3 Å². The van der Waals surface area contributed by atoms with Crippen LogP contribution < -0.4 is 5.32 Å². The Bertz CT molecular complexity index is 940. The average molecular weight is 347 g/mol. The second kappa shape index (κ2) is 7.73. The highest BCUT2D eigenvalue weighted by Gasteiger charge is 2.10. The lowest BCUT2D eigenvalue weighted by molar-refractivity contribution is -0.116. The van der Waals surface area contributed by atoms with Crippen LogP contribution in [0.5, 0.6) is 0 Å². The summed E-state index contributed by atoms with van der Waals surface area (Å²) in [5.74, 6) is -0.117. The van der Waals surface area contributed by atoms with Gasteiger partial charge in [0.1, 0.15) is 11.1 Å².